The zero-order valence-corrected chi connectivity index (χ0v) is 25.6. The number of piperidine rings is 1. The van der Waals surface area contributed by atoms with Crippen LogP contribution in [0.3, 0.4) is 0 Å². The number of hydrogen-bond donors (Lipinski definition) is 3. The number of likely N-dealkylation sites (tertiary alicyclic amines) is 2. The van der Waals surface area contributed by atoms with Crippen molar-refractivity contribution < 1.29 is 23.8 Å². The molecule has 3 aromatic rings. The number of pyridine rings is 1. The van der Waals surface area contributed by atoms with Crippen LogP contribution in [0, 0.1) is 6.92 Å². The number of aromatic nitrogens is 3. The lowest BCUT2D eigenvalue weighted by Crippen LogP contribution is -2.66. The van der Waals surface area contributed by atoms with Crippen molar-refractivity contribution in [3.05, 3.63) is 83.7 Å². The van der Waals surface area contributed by atoms with Gasteiger partial charge in [0.25, 0.3) is 5.91 Å². The van der Waals surface area contributed by atoms with Gasteiger partial charge in [-0.15, -0.1) is 0 Å². The number of allylic oxidation sites excluding steroid dienone is 2. The lowest BCUT2D eigenvalue weighted by molar-refractivity contribution is -0.159. The van der Waals surface area contributed by atoms with E-state index >= 15 is 0 Å². The molecular weight excluding hydrogens is 563 g/mol. The van der Waals surface area contributed by atoms with Gasteiger partial charge >= 0.3 is 0 Å². The highest BCUT2D eigenvalue weighted by Crippen LogP contribution is 2.30. The first-order valence-electron chi connectivity index (χ1n) is 14.7. The second-order valence-electron chi connectivity index (χ2n) is 11.9. The van der Waals surface area contributed by atoms with E-state index < -0.39 is 17.5 Å². The summed E-state index contributed by atoms with van der Waals surface area (Å²) in [7, 11) is 1.46. The lowest BCUT2D eigenvalue weighted by atomic mass is 9.91. The van der Waals surface area contributed by atoms with Gasteiger partial charge in [0.15, 0.2) is 0 Å². The fourth-order valence-corrected chi connectivity index (χ4v) is 6.04. The Balaban J connectivity index is 1.37. The quantitative estimate of drug-likeness (QED) is 0.249. The van der Waals surface area contributed by atoms with Crippen molar-refractivity contribution in [2.75, 3.05) is 33.3 Å². The molecular formula is C33H39FN6O4. The minimum Gasteiger partial charge on any atom is -0.496 e. The van der Waals surface area contributed by atoms with Crippen LogP contribution in [-0.4, -0.2) is 92.9 Å². The van der Waals surface area contributed by atoms with Crippen LogP contribution in [0.5, 0.6) is 0 Å². The lowest BCUT2D eigenvalue weighted by Gasteiger charge is -2.48. The Kier molecular flexibility index (Phi) is 8.98. The van der Waals surface area contributed by atoms with Gasteiger partial charge in [-0.3, -0.25) is 24.6 Å². The van der Waals surface area contributed by atoms with Crippen LogP contribution >= 0.6 is 0 Å². The molecule has 2 fully saturated rings. The van der Waals surface area contributed by atoms with Crippen molar-refractivity contribution in [1.82, 2.24) is 30.3 Å². The molecule has 0 spiro atoms. The molecule has 0 saturated carbocycles. The van der Waals surface area contributed by atoms with Gasteiger partial charge in [-0.1, -0.05) is 12.7 Å². The molecule has 1 aromatic carbocycles. The number of aliphatic hydroxyl groups is 1. The summed E-state index contributed by atoms with van der Waals surface area (Å²) < 4.78 is 20.2. The number of halogens is 1. The third-order valence-electron chi connectivity index (χ3n) is 8.20. The van der Waals surface area contributed by atoms with E-state index in [0.717, 1.165) is 27.9 Å². The smallest absolute Gasteiger partial charge is 0.251 e. The summed E-state index contributed by atoms with van der Waals surface area (Å²) in [6, 6.07) is 8.37. The van der Waals surface area contributed by atoms with Gasteiger partial charge < -0.3 is 20.1 Å². The number of nitrogens with zero attached hydrogens (tertiary/aromatic N) is 4. The Morgan fingerprint density at radius 1 is 1.27 bits per heavy atom. The summed E-state index contributed by atoms with van der Waals surface area (Å²) in [4.78, 5) is 34.8. The van der Waals surface area contributed by atoms with Gasteiger partial charge in [-0.05, 0) is 70.0 Å². The molecule has 2 aliphatic rings. The number of aryl methyl sites for hydroxylation is 1. The van der Waals surface area contributed by atoms with Crippen LogP contribution in [0.2, 0.25) is 0 Å². The highest BCUT2D eigenvalue weighted by atomic mass is 19.1. The van der Waals surface area contributed by atoms with Gasteiger partial charge in [-0.25, -0.2) is 4.39 Å². The first-order valence-corrected chi connectivity index (χ1v) is 14.7. The Bertz CT molecular complexity index is 1640. The molecule has 2 unspecified atom stereocenters. The van der Waals surface area contributed by atoms with Crippen LogP contribution < -0.4 is 5.32 Å². The number of methoxy groups -OCH3 is 1. The maximum absolute atomic E-state index is 14.8. The van der Waals surface area contributed by atoms with Crippen molar-refractivity contribution in [2.45, 2.75) is 51.3 Å². The molecule has 0 bridgehead atoms. The van der Waals surface area contributed by atoms with Gasteiger partial charge in [0.05, 0.1) is 37.4 Å². The van der Waals surface area contributed by atoms with Crippen LogP contribution in [0.1, 0.15) is 42.7 Å². The van der Waals surface area contributed by atoms with E-state index in [1.165, 1.54) is 7.11 Å². The summed E-state index contributed by atoms with van der Waals surface area (Å²) >= 11 is 0. The topological polar surface area (TPSA) is 124 Å². The Labute approximate surface area is 256 Å². The number of benzene rings is 1. The number of fused-ring (bicyclic) bond motifs is 1. The monoisotopic (exact) mass is 602 g/mol. The Morgan fingerprint density at radius 2 is 2.05 bits per heavy atom. The second-order valence-corrected chi connectivity index (χ2v) is 11.9. The number of β-amino-alcohol motifs (C(OH)–C–C–N with tert-alkyl or cyclic N) is 1. The minimum atomic E-state index is -0.911. The predicted octanol–water partition coefficient (Wildman–Crippen LogP) is 4.05. The van der Waals surface area contributed by atoms with E-state index in [2.05, 4.69) is 27.1 Å². The molecule has 0 aliphatic carbocycles. The predicted molar refractivity (Wildman–Crippen MR) is 166 cm³/mol. The highest BCUT2D eigenvalue weighted by molar-refractivity contribution is 6.01. The first-order chi connectivity index (χ1) is 21.0. The molecule has 3 N–H and O–H groups in total. The molecule has 4 heterocycles. The van der Waals surface area contributed by atoms with Crippen molar-refractivity contribution in [3.8, 4) is 11.3 Å². The summed E-state index contributed by atoms with van der Waals surface area (Å²) in [6.07, 6.45) is 6.13. The number of carbonyl (C=O) groups excluding carboxylic acids is 2. The van der Waals surface area contributed by atoms with E-state index in [4.69, 9.17) is 4.74 Å². The Morgan fingerprint density at radius 3 is 2.70 bits per heavy atom. The van der Waals surface area contributed by atoms with Crippen molar-refractivity contribution >= 4 is 22.7 Å². The van der Waals surface area contributed by atoms with Crippen LogP contribution in [0.25, 0.3) is 22.2 Å². The number of aromatic amines is 1. The molecule has 232 valence electrons. The van der Waals surface area contributed by atoms with Gasteiger partial charge in [0.2, 0.25) is 5.91 Å². The number of amides is 2. The third kappa shape index (κ3) is 6.58. The number of ether oxygens (including phenoxy) is 1. The normalized spacial score (nSPS) is 20.7. The van der Waals surface area contributed by atoms with E-state index in [9.17, 15) is 19.1 Å². The third-order valence-corrected chi connectivity index (χ3v) is 8.20. The number of nitrogens with one attached hydrogen (secondary N) is 2. The first kappa shape index (κ1) is 31.1. The fraction of sp³-hybridized carbons (Fsp3) is 0.394. The van der Waals surface area contributed by atoms with E-state index in [1.807, 2.05) is 36.1 Å². The summed E-state index contributed by atoms with van der Waals surface area (Å²) in [5.41, 5.74) is 3.10. The second kappa shape index (κ2) is 12.7. The molecule has 11 heteroatoms. The van der Waals surface area contributed by atoms with E-state index in [-0.39, 0.29) is 43.1 Å². The van der Waals surface area contributed by atoms with E-state index in [0.29, 0.717) is 30.7 Å². The Hall–Kier alpha value is -4.35. The number of H-pyrrole nitrogens is 1. The standard InChI is InChI=1S/C33H39FN6O4/c1-6-7-29(44-5)26(21(3)34)17-39-16-24(9-11-28(39)32(42)40-18-33(4,43)19-40)36-31(41)23-8-10-27-25(15-23)30(38-37-27)22-12-13-35-20(2)14-22/h6-8,10,12-15,24,28,43H,3,9,11,16-19H2,1-2,4-5H3,(H,36,41)(H,37,38). The van der Waals surface area contributed by atoms with Crippen molar-refractivity contribution in [1.29, 1.82) is 0 Å². The average Bonchev–Trinajstić information content (AvgIpc) is 3.40. The van der Waals surface area contributed by atoms with Crippen LogP contribution in [0.4, 0.5) is 4.39 Å². The highest BCUT2D eigenvalue weighted by Gasteiger charge is 2.44. The molecule has 10 nitrogen and oxygen atoms in total. The molecule has 2 amide bonds. The molecule has 5 rings (SSSR count). The van der Waals surface area contributed by atoms with Gasteiger partial charge in [0.1, 0.15) is 17.3 Å². The molecule has 2 atom stereocenters. The summed E-state index contributed by atoms with van der Waals surface area (Å²) in [5.74, 6) is -0.717. The fourth-order valence-electron chi connectivity index (χ4n) is 6.04. The zero-order valence-electron chi connectivity index (χ0n) is 25.6. The molecule has 44 heavy (non-hydrogen) atoms. The van der Waals surface area contributed by atoms with E-state index in [1.54, 1.807) is 43.2 Å². The number of rotatable bonds is 9. The number of hydrogen-bond acceptors (Lipinski definition) is 7. The average molecular weight is 603 g/mol. The molecule has 2 aromatic heterocycles. The summed E-state index contributed by atoms with van der Waals surface area (Å²) in [6.45, 7) is 9.78. The van der Waals surface area contributed by atoms with Crippen LogP contribution in [0.15, 0.2) is 72.4 Å². The maximum atomic E-state index is 14.8. The molecule has 2 saturated heterocycles. The molecule has 0 radical (unpaired) electrons. The SMILES string of the molecule is C=C(F)C(CN1CC(NC(=O)c2ccc3[nH]nc(-c4ccnc(C)c4)c3c2)CCC1C(=O)N1CC(C)(O)C1)=C(C=CC)OC. The minimum absolute atomic E-state index is 0.0611. The van der Waals surface area contributed by atoms with Gasteiger partial charge in [-0.2, -0.15) is 5.10 Å². The zero-order chi connectivity index (χ0) is 31.6. The van der Waals surface area contributed by atoms with Gasteiger partial charge in [0, 0.05) is 53.1 Å². The molecule has 2 aliphatic heterocycles. The van der Waals surface area contributed by atoms with Crippen molar-refractivity contribution in [3.63, 3.8) is 0 Å². The van der Waals surface area contributed by atoms with Crippen LogP contribution in [-0.2, 0) is 9.53 Å². The number of carbonyl (C=O) groups is 2. The maximum Gasteiger partial charge on any atom is 0.251 e. The summed E-state index contributed by atoms with van der Waals surface area (Å²) in [5, 5.41) is 21.7. The van der Waals surface area contributed by atoms with Crippen molar-refractivity contribution in [2.24, 2.45) is 0 Å². The largest absolute Gasteiger partial charge is 0.496 e.